The average molecular weight is 416 g/mol. The van der Waals surface area contributed by atoms with E-state index in [0.29, 0.717) is 41.9 Å². The van der Waals surface area contributed by atoms with E-state index in [4.69, 9.17) is 17.3 Å². The van der Waals surface area contributed by atoms with E-state index in [-0.39, 0.29) is 30.3 Å². The van der Waals surface area contributed by atoms with Gasteiger partial charge in [-0.15, -0.1) is 12.4 Å². The number of carbonyl (C=O) groups is 2. The van der Waals surface area contributed by atoms with Crippen LogP contribution in [0.15, 0.2) is 24.3 Å². The molecule has 1 aromatic carbocycles. The normalized spacial score (nSPS) is 17.2. The molecule has 0 bridgehead atoms. The smallest absolute Gasteiger partial charge is 0.251 e. The molecule has 2 atom stereocenters. The number of carbonyl (C=O) groups excluding carboxylic acids is 2. The summed E-state index contributed by atoms with van der Waals surface area (Å²) in [6, 6.07) is 6.34. The Morgan fingerprint density at radius 1 is 1.19 bits per heavy atom. The first-order chi connectivity index (χ1) is 12.3. The van der Waals surface area contributed by atoms with Gasteiger partial charge in [0.05, 0.1) is 0 Å². The lowest BCUT2D eigenvalue weighted by atomic mass is 9.90. The Kier molecular flexibility index (Phi) is 9.57. The van der Waals surface area contributed by atoms with E-state index in [1.54, 1.807) is 24.3 Å². The molecular formula is C20H31Cl2N3O2. The summed E-state index contributed by atoms with van der Waals surface area (Å²) in [5.74, 6) is 0.526. The van der Waals surface area contributed by atoms with Crippen molar-refractivity contribution < 1.29 is 9.59 Å². The average Bonchev–Trinajstić information content (AvgIpc) is 2.60. The van der Waals surface area contributed by atoms with Gasteiger partial charge in [0.25, 0.3) is 5.91 Å². The third-order valence-corrected chi connectivity index (χ3v) is 5.26. The summed E-state index contributed by atoms with van der Waals surface area (Å²) in [5.41, 5.74) is 6.49. The maximum atomic E-state index is 13.0. The van der Waals surface area contributed by atoms with Gasteiger partial charge in [-0.1, -0.05) is 25.4 Å². The van der Waals surface area contributed by atoms with Crippen LogP contribution < -0.4 is 11.1 Å². The highest BCUT2D eigenvalue weighted by molar-refractivity contribution is 6.30. The van der Waals surface area contributed by atoms with E-state index in [0.717, 1.165) is 12.8 Å². The number of halogens is 2. The summed E-state index contributed by atoms with van der Waals surface area (Å²) in [7, 11) is 0. The number of hydrogen-bond donors (Lipinski definition) is 2. The molecule has 152 valence electrons. The van der Waals surface area contributed by atoms with Crippen molar-refractivity contribution in [2.24, 2.45) is 17.6 Å². The molecule has 5 nitrogen and oxygen atoms in total. The zero-order valence-electron chi connectivity index (χ0n) is 16.3. The second-order valence-corrected chi connectivity index (χ2v) is 8.12. The molecule has 0 spiro atoms. The highest BCUT2D eigenvalue weighted by atomic mass is 35.5. The van der Waals surface area contributed by atoms with Crippen LogP contribution >= 0.6 is 24.0 Å². The van der Waals surface area contributed by atoms with E-state index >= 15 is 0 Å². The van der Waals surface area contributed by atoms with Crippen molar-refractivity contribution >= 4 is 35.8 Å². The van der Waals surface area contributed by atoms with Crippen LogP contribution in [-0.2, 0) is 4.79 Å². The van der Waals surface area contributed by atoms with Crippen molar-refractivity contribution in [3.05, 3.63) is 34.9 Å². The minimum absolute atomic E-state index is 0. The molecule has 2 amide bonds. The number of hydrogen-bond acceptors (Lipinski definition) is 3. The Morgan fingerprint density at radius 3 is 2.22 bits per heavy atom. The molecule has 1 fully saturated rings. The van der Waals surface area contributed by atoms with Gasteiger partial charge in [0.15, 0.2) is 0 Å². The zero-order chi connectivity index (χ0) is 19.3. The van der Waals surface area contributed by atoms with Crippen LogP contribution in [-0.4, -0.2) is 41.9 Å². The molecule has 27 heavy (non-hydrogen) atoms. The fourth-order valence-electron chi connectivity index (χ4n) is 3.40. The lowest BCUT2D eigenvalue weighted by Crippen LogP contribution is -2.52. The molecule has 0 aliphatic carbocycles. The number of piperidine rings is 1. The van der Waals surface area contributed by atoms with Crippen molar-refractivity contribution in [3.8, 4) is 0 Å². The fourth-order valence-corrected chi connectivity index (χ4v) is 3.53. The molecule has 7 heteroatoms. The van der Waals surface area contributed by atoms with Crippen LogP contribution in [0.4, 0.5) is 0 Å². The number of likely N-dealkylation sites (tertiary alicyclic amines) is 1. The minimum atomic E-state index is -0.509. The number of nitrogens with two attached hydrogens (primary N) is 1. The fraction of sp³-hybridized carbons (Fsp3) is 0.600. The third kappa shape index (κ3) is 6.98. The predicted octanol–water partition coefficient (Wildman–Crippen LogP) is 3.49. The second-order valence-electron chi connectivity index (χ2n) is 7.68. The zero-order valence-corrected chi connectivity index (χ0v) is 17.9. The number of benzene rings is 1. The number of nitrogens with zero attached hydrogens (tertiary/aromatic N) is 1. The van der Waals surface area contributed by atoms with Gasteiger partial charge in [-0.05, 0) is 62.3 Å². The number of rotatable bonds is 6. The predicted molar refractivity (Wildman–Crippen MR) is 112 cm³/mol. The SMILES string of the molecule is CC(C)CC(NC(=O)c1ccc(Cl)cc1)C(=O)N1CCC(C(C)N)CC1.Cl. The molecule has 1 aliphatic rings. The first kappa shape index (κ1) is 23.7. The Hall–Kier alpha value is -1.30. The van der Waals surface area contributed by atoms with Crippen LogP contribution in [0.5, 0.6) is 0 Å². The van der Waals surface area contributed by atoms with Gasteiger partial charge in [-0.3, -0.25) is 9.59 Å². The number of nitrogens with one attached hydrogen (secondary N) is 1. The van der Waals surface area contributed by atoms with Crippen molar-refractivity contribution in [2.75, 3.05) is 13.1 Å². The lowest BCUT2D eigenvalue weighted by Gasteiger charge is -2.36. The van der Waals surface area contributed by atoms with E-state index in [2.05, 4.69) is 19.2 Å². The third-order valence-electron chi connectivity index (χ3n) is 5.01. The maximum Gasteiger partial charge on any atom is 0.251 e. The van der Waals surface area contributed by atoms with Gasteiger partial charge in [0.2, 0.25) is 5.91 Å². The van der Waals surface area contributed by atoms with E-state index in [1.165, 1.54) is 0 Å². The monoisotopic (exact) mass is 415 g/mol. The molecule has 1 saturated heterocycles. The molecule has 0 aromatic heterocycles. The largest absolute Gasteiger partial charge is 0.341 e. The van der Waals surface area contributed by atoms with Crippen LogP contribution in [0.2, 0.25) is 5.02 Å². The highest BCUT2D eigenvalue weighted by Gasteiger charge is 2.30. The molecule has 1 heterocycles. The quantitative estimate of drug-likeness (QED) is 0.746. The molecule has 2 rings (SSSR count). The summed E-state index contributed by atoms with van der Waals surface area (Å²) >= 11 is 5.88. The Bertz CT molecular complexity index is 612. The van der Waals surface area contributed by atoms with Crippen molar-refractivity contribution in [1.29, 1.82) is 0 Å². The van der Waals surface area contributed by atoms with Crippen molar-refractivity contribution in [3.63, 3.8) is 0 Å². The lowest BCUT2D eigenvalue weighted by molar-refractivity contribution is -0.135. The summed E-state index contributed by atoms with van der Waals surface area (Å²) in [6.45, 7) is 7.54. The topological polar surface area (TPSA) is 75.4 Å². The second kappa shape index (κ2) is 10.9. The Labute approximate surface area is 173 Å². The molecule has 3 N–H and O–H groups in total. The molecule has 1 aromatic rings. The summed E-state index contributed by atoms with van der Waals surface area (Å²) < 4.78 is 0. The van der Waals surface area contributed by atoms with E-state index in [1.807, 2.05) is 11.8 Å². The first-order valence-electron chi connectivity index (χ1n) is 9.38. The minimum Gasteiger partial charge on any atom is -0.341 e. The Morgan fingerprint density at radius 2 is 1.74 bits per heavy atom. The van der Waals surface area contributed by atoms with E-state index < -0.39 is 6.04 Å². The molecule has 0 radical (unpaired) electrons. The van der Waals surface area contributed by atoms with Gasteiger partial charge in [0.1, 0.15) is 6.04 Å². The molecule has 1 aliphatic heterocycles. The van der Waals surface area contributed by atoms with Crippen LogP contribution in [0.1, 0.15) is 50.4 Å². The van der Waals surface area contributed by atoms with Crippen molar-refractivity contribution in [1.82, 2.24) is 10.2 Å². The molecule has 0 saturated carbocycles. The highest BCUT2D eigenvalue weighted by Crippen LogP contribution is 2.21. The first-order valence-corrected chi connectivity index (χ1v) is 9.76. The van der Waals surface area contributed by atoms with Crippen LogP contribution in [0.3, 0.4) is 0 Å². The molecular weight excluding hydrogens is 385 g/mol. The standard InChI is InChI=1S/C20H30ClN3O2.ClH/c1-13(2)12-18(23-19(25)16-4-6-17(21)7-5-16)20(26)24-10-8-15(9-11-24)14(3)22;/h4-7,13-15,18H,8-12,22H2,1-3H3,(H,23,25);1H. The van der Waals surface area contributed by atoms with Gasteiger partial charge >= 0.3 is 0 Å². The molecule has 2 unspecified atom stereocenters. The van der Waals surface area contributed by atoms with Crippen LogP contribution in [0, 0.1) is 11.8 Å². The van der Waals surface area contributed by atoms with Crippen molar-refractivity contribution in [2.45, 2.75) is 52.1 Å². The number of amides is 2. The van der Waals surface area contributed by atoms with Gasteiger partial charge in [-0.2, -0.15) is 0 Å². The van der Waals surface area contributed by atoms with Gasteiger partial charge in [-0.25, -0.2) is 0 Å². The van der Waals surface area contributed by atoms with Gasteiger partial charge < -0.3 is 16.0 Å². The summed E-state index contributed by atoms with van der Waals surface area (Å²) in [5, 5.41) is 3.49. The summed E-state index contributed by atoms with van der Waals surface area (Å²) in [6.07, 6.45) is 2.46. The maximum absolute atomic E-state index is 13.0. The summed E-state index contributed by atoms with van der Waals surface area (Å²) in [4.78, 5) is 27.4. The van der Waals surface area contributed by atoms with E-state index in [9.17, 15) is 9.59 Å². The Balaban J connectivity index is 0.00000364. The van der Waals surface area contributed by atoms with Crippen LogP contribution in [0.25, 0.3) is 0 Å². The van der Waals surface area contributed by atoms with Gasteiger partial charge in [0, 0.05) is 29.7 Å².